The first-order valence-electron chi connectivity index (χ1n) is 7.41. The molecule has 0 aliphatic carbocycles. The number of fused-ring (bicyclic) bond motifs is 1. The van der Waals surface area contributed by atoms with E-state index in [1.54, 1.807) is 0 Å². The van der Waals surface area contributed by atoms with Gasteiger partial charge in [-0.2, -0.15) is 0 Å². The number of sulfonamides is 1. The van der Waals surface area contributed by atoms with Crippen LogP contribution in [-0.2, 0) is 10.0 Å². The molecule has 0 fully saturated rings. The molecule has 2 aromatic carbocycles. The highest BCUT2D eigenvalue weighted by atomic mass is 32.2. The molecule has 0 aliphatic rings. The second-order valence-corrected chi connectivity index (χ2v) is 7.06. The zero-order valence-electron chi connectivity index (χ0n) is 13.5. The van der Waals surface area contributed by atoms with E-state index in [1.807, 2.05) is 0 Å². The van der Waals surface area contributed by atoms with E-state index in [2.05, 4.69) is 20.0 Å². The number of aromatic amines is 2. The van der Waals surface area contributed by atoms with Gasteiger partial charge in [-0.1, -0.05) is 0 Å². The van der Waals surface area contributed by atoms with E-state index in [0.29, 0.717) is 11.1 Å². The van der Waals surface area contributed by atoms with Gasteiger partial charge < -0.3 is 15.3 Å². The number of benzene rings is 2. The third-order valence-corrected chi connectivity index (χ3v) is 5.01. The SMILES string of the molecule is CNC(=O)c1ccc(NS(=O)(=O)c2ccc3[nH]c(=O)c(=O)[nH]c3c2)cc1. The molecule has 10 heteroatoms. The second-order valence-electron chi connectivity index (χ2n) is 5.38. The van der Waals surface area contributed by atoms with E-state index in [9.17, 15) is 22.8 Å². The molecular formula is C16H14N4O5S. The van der Waals surface area contributed by atoms with Crippen LogP contribution in [-0.4, -0.2) is 31.3 Å². The summed E-state index contributed by atoms with van der Waals surface area (Å²) in [6, 6.07) is 9.82. The lowest BCUT2D eigenvalue weighted by Gasteiger charge is -2.09. The zero-order chi connectivity index (χ0) is 18.9. The maximum absolute atomic E-state index is 12.5. The number of hydrogen-bond acceptors (Lipinski definition) is 5. The van der Waals surface area contributed by atoms with Crippen molar-refractivity contribution in [2.24, 2.45) is 0 Å². The van der Waals surface area contributed by atoms with Crippen molar-refractivity contribution < 1.29 is 13.2 Å². The Morgan fingerprint density at radius 3 is 2.15 bits per heavy atom. The third kappa shape index (κ3) is 3.35. The molecule has 0 unspecified atom stereocenters. The minimum atomic E-state index is -3.93. The van der Waals surface area contributed by atoms with Crippen molar-refractivity contribution in [3.05, 3.63) is 68.7 Å². The maximum atomic E-state index is 12.5. The largest absolute Gasteiger partial charge is 0.355 e. The molecule has 1 heterocycles. The minimum Gasteiger partial charge on any atom is -0.355 e. The van der Waals surface area contributed by atoms with Gasteiger partial charge in [0.2, 0.25) is 0 Å². The fourth-order valence-electron chi connectivity index (χ4n) is 2.31. The highest BCUT2D eigenvalue weighted by molar-refractivity contribution is 7.92. The van der Waals surface area contributed by atoms with Crippen molar-refractivity contribution in [1.29, 1.82) is 0 Å². The van der Waals surface area contributed by atoms with Gasteiger partial charge in [0.05, 0.1) is 15.9 Å². The predicted molar refractivity (Wildman–Crippen MR) is 95.8 cm³/mol. The fraction of sp³-hybridized carbons (Fsp3) is 0.0625. The lowest BCUT2D eigenvalue weighted by molar-refractivity contribution is 0.0963. The summed E-state index contributed by atoms with van der Waals surface area (Å²) < 4.78 is 27.4. The molecule has 4 N–H and O–H groups in total. The molecule has 1 aromatic heterocycles. The average Bonchev–Trinajstić information content (AvgIpc) is 2.62. The van der Waals surface area contributed by atoms with Crippen molar-refractivity contribution in [2.75, 3.05) is 11.8 Å². The van der Waals surface area contributed by atoms with Gasteiger partial charge in [0.1, 0.15) is 0 Å². The number of rotatable bonds is 4. The number of nitrogens with one attached hydrogen (secondary N) is 4. The number of anilines is 1. The van der Waals surface area contributed by atoms with Gasteiger partial charge in [0.15, 0.2) is 0 Å². The van der Waals surface area contributed by atoms with Crippen molar-refractivity contribution in [1.82, 2.24) is 15.3 Å². The summed E-state index contributed by atoms with van der Waals surface area (Å²) in [6.45, 7) is 0. The van der Waals surface area contributed by atoms with E-state index in [0.717, 1.165) is 0 Å². The molecular weight excluding hydrogens is 360 g/mol. The molecule has 0 spiro atoms. The first kappa shape index (κ1) is 17.4. The highest BCUT2D eigenvalue weighted by Gasteiger charge is 2.16. The summed E-state index contributed by atoms with van der Waals surface area (Å²) in [5, 5.41) is 2.47. The molecule has 0 bridgehead atoms. The maximum Gasteiger partial charge on any atom is 0.314 e. The minimum absolute atomic E-state index is 0.0944. The molecule has 9 nitrogen and oxygen atoms in total. The molecule has 1 amide bonds. The second kappa shape index (κ2) is 6.48. The molecule has 0 radical (unpaired) electrons. The van der Waals surface area contributed by atoms with Crippen LogP contribution in [0.2, 0.25) is 0 Å². The molecule has 0 saturated heterocycles. The Hall–Kier alpha value is -3.40. The number of hydrogen-bond donors (Lipinski definition) is 4. The van der Waals surface area contributed by atoms with Crippen LogP contribution in [0.5, 0.6) is 0 Å². The number of carbonyl (C=O) groups excluding carboxylic acids is 1. The highest BCUT2D eigenvalue weighted by Crippen LogP contribution is 2.19. The van der Waals surface area contributed by atoms with Crippen LogP contribution in [0.1, 0.15) is 10.4 Å². The Labute approximate surface area is 147 Å². The van der Waals surface area contributed by atoms with Gasteiger partial charge in [-0.25, -0.2) is 8.42 Å². The van der Waals surface area contributed by atoms with Gasteiger partial charge in [0, 0.05) is 18.3 Å². The summed E-state index contributed by atoms with van der Waals surface area (Å²) in [7, 11) is -2.43. The van der Waals surface area contributed by atoms with Gasteiger partial charge in [-0.15, -0.1) is 0 Å². The summed E-state index contributed by atoms with van der Waals surface area (Å²) in [5.41, 5.74) is -0.529. The first-order chi connectivity index (χ1) is 12.3. The van der Waals surface area contributed by atoms with E-state index >= 15 is 0 Å². The lowest BCUT2D eigenvalue weighted by Crippen LogP contribution is -2.29. The summed E-state index contributed by atoms with van der Waals surface area (Å²) in [4.78, 5) is 38.8. The van der Waals surface area contributed by atoms with Crippen molar-refractivity contribution in [2.45, 2.75) is 4.90 Å². The Kier molecular flexibility index (Phi) is 4.34. The molecule has 134 valence electrons. The van der Waals surface area contributed by atoms with Gasteiger partial charge in [0.25, 0.3) is 15.9 Å². The summed E-state index contributed by atoms with van der Waals surface area (Å²) in [6.07, 6.45) is 0. The Morgan fingerprint density at radius 1 is 0.923 bits per heavy atom. The van der Waals surface area contributed by atoms with Crippen LogP contribution in [0.4, 0.5) is 5.69 Å². The monoisotopic (exact) mass is 374 g/mol. The number of amides is 1. The van der Waals surface area contributed by atoms with Crippen LogP contribution < -0.4 is 21.2 Å². The Morgan fingerprint density at radius 2 is 1.54 bits per heavy atom. The van der Waals surface area contributed by atoms with Crippen molar-refractivity contribution in [3.8, 4) is 0 Å². The van der Waals surface area contributed by atoms with E-state index < -0.39 is 21.1 Å². The molecule has 0 saturated carbocycles. The molecule has 0 aliphatic heterocycles. The normalized spacial score (nSPS) is 11.3. The average molecular weight is 374 g/mol. The standard InChI is InChI=1S/C16H14N4O5S/c1-17-14(21)9-2-4-10(5-3-9)20-26(24,25)11-6-7-12-13(8-11)19-16(23)15(22)18-12/h2-8,20H,1H3,(H,17,21)(H,18,22)(H,19,23). The lowest BCUT2D eigenvalue weighted by atomic mass is 10.2. The van der Waals surface area contributed by atoms with Gasteiger partial charge in [-0.3, -0.25) is 19.1 Å². The summed E-state index contributed by atoms with van der Waals surface area (Å²) in [5.74, 6) is -0.285. The van der Waals surface area contributed by atoms with E-state index in [1.165, 1.54) is 49.5 Å². The Balaban J connectivity index is 1.94. The fourth-order valence-corrected chi connectivity index (χ4v) is 3.39. The smallest absolute Gasteiger partial charge is 0.314 e. The number of carbonyl (C=O) groups is 1. The van der Waals surface area contributed by atoms with Crippen LogP contribution in [0, 0.1) is 0 Å². The number of H-pyrrole nitrogens is 2. The van der Waals surface area contributed by atoms with Crippen LogP contribution in [0.15, 0.2) is 56.9 Å². The zero-order valence-corrected chi connectivity index (χ0v) is 14.3. The summed E-state index contributed by atoms with van der Waals surface area (Å²) >= 11 is 0. The third-order valence-electron chi connectivity index (χ3n) is 3.63. The van der Waals surface area contributed by atoms with Gasteiger partial charge in [-0.05, 0) is 42.5 Å². The molecule has 3 rings (SSSR count). The molecule has 3 aromatic rings. The van der Waals surface area contributed by atoms with Crippen molar-refractivity contribution >= 4 is 32.7 Å². The number of aromatic nitrogens is 2. The topological polar surface area (TPSA) is 141 Å². The Bertz CT molecular complexity index is 1210. The quantitative estimate of drug-likeness (QED) is 0.489. The van der Waals surface area contributed by atoms with Crippen molar-refractivity contribution in [3.63, 3.8) is 0 Å². The first-order valence-corrected chi connectivity index (χ1v) is 8.90. The van der Waals surface area contributed by atoms with E-state index in [4.69, 9.17) is 0 Å². The van der Waals surface area contributed by atoms with Crippen LogP contribution in [0.25, 0.3) is 11.0 Å². The molecule has 0 atom stereocenters. The molecule has 26 heavy (non-hydrogen) atoms. The van der Waals surface area contributed by atoms with E-state index in [-0.39, 0.29) is 22.0 Å². The van der Waals surface area contributed by atoms with Gasteiger partial charge >= 0.3 is 11.1 Å². The predicted octanol–water partition coefficient (Wildman–Crippen LogP) is 0.377. The van der Waals surface area contributed by atoms with Crippen LogP contribution >= 0.6 is 0 Å². The van der Waals surface area contributed by atoms with Crippen LogP contribution in [0.3, 0.4) is 0 Å².